The maximum Gasteiger partial charge on any atom is 0.125 e. The van der Waals surface area contributed by atoms with E-state index in [1.807, 2.05) is 0 Å². The molecule has 0 aromatic carbocycles. The van der Waals surface area contributed by atoms with Crippen LogP contribution in [0.2, 0.25) is 0 Å². The Kier molecular flexibility index (Phi) is 5.00. The van der Waals surface area contributed by atoms with Crippen molar-refractivity contribution < 1.29 is 0 Å². The molecule has 1 aliphatic heterocycles. The third kappa shape index (κ3) is 3.22. The lowest BCUT2D eigenvalue weighted by molar-refractivity contribution is 0.257. The number of rotatable bonds is 6. The molecule has 3 heteroatoms. The van der Waals surface area contributed by atoms with E-state index in [0.717, 1.165) is 18.8 Å². The quantitative estimate of drug-likeness (QED) is 0.834. The second kappa shape index (κ2) is 6.74. The molecule has 0 amide bonds. The van der Waals surface area contributed by atoms with Crippen molar-refractivity contribution in [3.8, 4) is 0 Å². The molecule has 1 saturated heterocycles. The van der Waals surface area contributed by atoms with Gasteiger partial charge in [-0.3, -0.25) is 4.90 Å². The Morgan fingerprint density at radius 2 is 2.22 bits per heavy atom. The third-order valence-electron chi connectivity index (χ3n) is 3.60. The maximum absolute atomic E-state index is 4.52. The van der Waals surface area contributed by atoms with Crippen LogP contribution in [0.25, 0.3) is 0 Å². The number of nitrogens with zero attached hydrogens (tertiary/aromatic N) is 2. The van der Waals surface area contributed by atoms with Crippen LogP contribution in [0.15, 0.2) is 18.3 Å². The van der Waals surface area contributed by atoms with Crippen LogP contribution in [0.1, 0.15) is 51.1 Å². The van der Waals surface area contributed by atoms with Crippen LogP contribution in [-0.4, -0.2) is 29.5 Å². The number of hydrogen-bond donors (Lipinski definition) is 1. The maximum atomic E-state index is 4.52. The van der Waals surface area contributed by atoms with Crippen LogP contribution in [0.4, 0.5) is 5.82 Å². The van der Waals surface area contributed by atoms with Crippen molar-refractivity contribution in [3.63, 3.8) is 0 Å². The zero-order valence-corrected chi connectivity index (χ0v) is 11.7. The van der Waals surface area contributed by atoms with Crippen LogP contribution in [-0.2, 0) is 0 Å². The van der Waals surface area contributed by atoms with E-state index in [4.69, 9.17) is 0 Å². The highest BCUT2D eigenvalue weighted by atomic mass is 15.2. The molecule has 1 aliphatic rings. The molecule has 1 N–H and O–H groups in total. The van der Waals surface area contributed by atoms with E-state index >= 15 is 0 Å². The Hall–Kier alpha value is -1.09. The summed E-state index contributed by atoms with van der Waals surface area (Å²) in [5.41, 5.74) is 1.38. The first kappa shape index (κ1) is 13.3. The minimum Gasteiger partial charge on any atom is -0.370 e. The number of likely N-dealkylation sites (tertiary alicyclic amines) is 1. The third-order valence-corrected chi connectivity index (χ3v) is 3.60. The highest BCUT2D eigenvalue weighted by Crippen LogP contribution is 2.31. The first-order valence-corrected chi connectivity index (χ1v) is 7.29. The number of pyridine rings is 1. The first-order valence-electron chi connectivity index (χ1n) is 7.29. The zero-order chi connectivity index (χ0) is 12.8. The summed E-state index contributed by atoms with van der Waals surface area (Å²) in [4.78, 5) is 7.11. The van der Waals surface area contributed by atoms with Crippen LogP contribution in [0.5, 0.6) is 0 Å². The van der Waals surface area contributed by atoms with Crippen molar-refractivity contribution in [2.45, 2.75) is 45.6 Å². The monoisotopic (exact) mass is 247 g/mol. The Balaban J connectivity index is 1.99. The van der Waals surface area contributed by atoms with E-state index in [0.29, 0.717) is 6.04 Å². The molecule has 0 saturated carbocycles. The molecule has 1 atom stereocenters. The largest absolute Gasteiger partial charge is 0.370 e. The van der Waals surface area contributed by atoms with Gasteiger partial charge in [0.2, 0.25) is 0 Å². The average Bonchev–Trinajstić information content (AvgIpc) is 2.86. The molecule has 0 radical (unpaired) electrons. The fraction of sp³-hybridized carbons (Fsp3) is 0.667. The summed E-state index contributed by atoms with van der Waals surface area (Å²) in [5, 5.41) is 3.32. The molecule has 0 bridgehead atoms. The van der Waals surface area contributed by atoms with Gasteiger partial charge in [0.25, 0.3) is 0 Å². The number of nitrogens with one attached hydrogen (secondary N) is 1. The number of hydrogen-bond acceptors (Lipinski definition) is 3. The predicted octanol–water partition coefficient (Wildman–Crippen LogP) is 3.45. The Bertz CT molecular complexity index is 347. The van der Waals surface area contributed by atoms with Crippen molar-refractivity contribution in [2.24, 2.45) is 0 Å². The van der Waals surface area contributed by atoms with Crippen molar-refractivity contribution >= 4 is 5.82 Å². The van der Waals surface area contributed by atoms with Gasteiger partial charge in [0.05, 0.1) is 0 Å². The molecular formula is C15H25N3. The molecule has 3 nitrogen and oxygen atoms in total. The fourth-order valence-electron chi connectivity index (χ4n) is 2.72. The van der Waals surface area contributed by atoms with E-state index in [1.54, 1.807) is 0 Å². The second-order valence-electron chi connectivity index (χ2n) is 5.10. The minimum atomic E-state index is 0.595. The smallest absolute Gasteiger partial charge is 0.125 e. The van der Waals surface area contributed by atoms with Crippen LogP contribution in [0, 0.1) is 0 Å². The van der Waals surface area contributed by atoms with E-state index in [9.17, 15) is 0 Å². The first-order chi connectivity index (χ1) is 8.85. The molecule has 0 unspecified atom stereocenters. The fourth-order valence-corrected chi connectivity index (χ4v) is 2.72. The lowest BCUT2D eigenvalue weighted by Crippen LogP contribution is -2.24. The van der Waals surface area contributed by atoms with Crippen LogP contribution < -0.4 is 5.32 Å². The van der Waals surface area contributed by atoms with Crippen LogP contribution >= 0.6 is 0 Å². The van der Waals surface area contributed by atoms with E-state index in [-0.39, 0.29) is 0 Å². The molecule has 2 heterocycles. The summed E-state index contributed by atoms with van der Waals surface area (Å²) in [7, 11) is 0. The summed E-state index contributed by atoms with van der Waals surface area (Å²) >= 11 is 0. The Morgan fingerprint density at radius 1 is 1.33 bits per heavy atom. The lowest BCUT2D eigenvalue weighted by atomic mass is 10.1. The summed E-state index contributed by atoms with van der Waals surface area (Å²) in [5.74, 6) is 1.00. The van der Waals surface area contributed by atoms with Gasteiger partial charge in [-0.2, -0.15) is 0 Å². The minimum absolute atomic E-state index is 0.595. The number of aromatic nitrogens is 1. The molecule has 100 valence electrons. The van der Waals surface area contributed by atoms with Gasteiger partial charge >= 0.3 is 0 Å². The molecule has 0 aliphatic carbocycles. The summed E-state index contributed by atoms with van der Waals surface area (Å²) in [6, 6.07) is 4.95. The topological polar surface area (TPSA) is 28.2 Å². The summed E-state index contributed by atoms with van der Waals surface area (Å²) in [6.07, 6.45) is 7.02. The van der Waals surface area contributed by atoms with E-state index in [2.05, 4.69) is 47.4 Å². The lowest BCUT2D eigenvalue weighted by Gasteiger charge is -2.24. The van der Waals surface area contributed by atoms with Gasteiger partial charge in [-0.1, -0.05) is 19.9 Å². The van der Waals surface area contributed by atoms with Crippen molar-refractivity contribution in [2.75, 3.05) is 25.0 Å². The van der Waals surface area contributed by atoms with Gasteiger partial charge in [0.15, 0.2) is 0 Å². The van der Waals surface area contributed by atoms with Gasteiger partial charge < -0.3 is 5.32 Å². The molecule has 2 rings (SSSR count). The van der Waals surface area contributed by atoms with Gasteiger partial charge in [0.1, 0.15) is 5.82 Å². The Labute approximate surface area is 111 Å². The average molecular weight is 247 g/mol. The van der Waals surface area contributed by atoms with Gasteiger partial charge in [0, 0.05) is 18.8 Å². The van der Waals surface area contributed by atoms with Crippen LogP contribution in [0.3, 0.4) is 0 Å². The standard InChI is InChI=1S/C15H25N3/c1-3-9-16-15-8-7-13(12-17-15)14-6-5-11-18(14)10-4-2/h7-8,12,14H,3-6,9-11H2,1-2H3,(H,16,17)/t14-/m1/s1. The van der Waals surface area contributed by atoms with E-state index in [1.165, 1.54) is 37.9 Å². The van der Waals surface area contributed by atoms with Gasteiger partial charge in [-0.15, -0.1) is 0 Å². The molecule has 0 spiro atoms. The predicted molar refractivity (Wildman–Crippen MR) is 76.9 cm³/mol. The Morgan fingerprint density at radius 3 is 2.89 bits per heavy atom. The normalized spacial score (nSPS) is 20.2. The SMILES string of the molecule is CCCNc1ccc([C@H]2CCCN2CCC)cn1. The second-order valence-corrected chi connectivity index (χ2v) is 5.10. The highest BCUT2D eigenvalue weighted by Gasteiger charge is 2.25. The molecule has 18 heavy (non-hydrogen) atoms. The van der Waals surface area contributed by atoms with Gasteiger partial charge in [-0.25, -0.2) is 4.98 Å². The molecule has 1 aromatic rings. The molecule has 1 fully saturated rings. The number of anilines is 1. The van der Waals surface area contributed by atoms with Crippen molar-refractivity contribution in [1.29, 1.82) is 0 Å². The molecular weight excluding hydrogens is 222 g/mol. The molecule has 1 aromatic heterocycles. The van der Waals surface area contributed by atoms with Crippen molar-refractivity contribution in [3.05, 3.63) is 23.9 Å². The zero-order valence-electron chi connectivity index (χ0n) is 11.7. The highest BCUT2D eigenvalue weighted by molar-refractivity contribution is 5.36. The summed E-state index contributed by atoms with van der Waals surface area (Å²) < 4.78 is 0. The van der Waals surface area contributed by atoms with Gasteiger partial charge in [-0.05, 0) is 50.4 Å². The van der Waals surface area contributed by atoms with E-state index < -0.39 is 0 Å². The van der Waals surface area contributed by atoms with Crippen molar-refractivity contribution in [1.82, 2.24) is 9.88 Å². The summed E-state index contributed by atoms with van der Waals surface area (Å²) in [6.45, 7) is 7.88.